The maximum absolute atomic E-state index is 12.3. The van der Waals surface area contributed by atoms with Crippen LogP contribution in [0.15, 0.2) is 60.8 Å². The third-order valence-corrected chi connectivity index (χ3v) is 3.70. The van der Waals surface area contributed by atoms with Crippen LogP contribution in [0.2, 0.25) is 0 Å². The van der Waals surface area contributed by atoms with Crippen molar-refractivity contribution in [1.29, 1.82) is 0 Å². The van der Waals surface area contributed by atoms with Crippen LogP contribution in [0, 0.1) is 10.1 Å². The minimum absolute atomic E-state index is 0.00306. The SMILES string of the molecule is O=C(NCc1cccc(OC(F)F)c1)c1ccn(-c2cccc([N+](=O)[O-])c2)n1. The molecule has 0 saturated carbocycles. The molecule has 3 rings (SSSR count). The molecule has 10 heteroatoms. The van der Waals surface area contributed by atoms with Crippen LogP contribution in [0.25, 0.3) is 5.69 Å². The van der Waals surface area contributed by atoms with Gasteiger partial charge in [0.25, 0.3) is 11.6 Å². The van der Waals surface area contributed by atoms with Gasteiger partial charge >= 0.3 is 6.61 Å². The van der Waals surface area contributed by atoms with E-state index >= 15 is 0 Å². The highest BCUT2D eigenvalue weighted by atomic mass is 19.3. The molecule has 3 aromatic rings. The summed E-state index contributed by atoms with van der Waals surface area (Å²) in [5, 5.41) is 17.6. The van der Waals surface area contributed by atoms with Crippen molar-refractivity contribution in [3.8, 4) is 11.4 Å². The standard InChI is InChI=1S/C18H14F2N4O4/c19-18(20)28-15-6-1-3-12(9-15)11-21-17(25)16-7-8-23(22-16)13-4-2-5-14(10-13)24(26)27/h1-10,18H,11H2,(H,21,25). The maximum atomic E-state index is 12.3. The number of nitro groups is 1. The second kappa shape index (κ2) is 8.25. The van der Waals surface area contributed by atoms with Crippen molar-refractivity contribution in [1.82, 2.24) is 15.1 Å². The molecule has 1 N–H and O–H groups in total. The van der Waals surface area contributed by atoms with Crippen LogP contribution in [0.5, 0.6) is 5.75 Å². The molecular weight excluding hydrogens is 374 g/mol. The molecule has 0 bridgehead atoms. The van der Waals surface area contributed by atoms with Gasteiger partial charge in [0.2, 0.25) is 0 Å². The van der Waals surface area contributed by atoms with Gasteiger partial charge in [0.1, 0.15) is 5.75 Å². The van der Waals surface area contributed by atoms with E-state index in [0.29, 0.717) is 11.3 Å². The average molecular weight is 388 g/mol. The van der Waals surface area contributed by atoms with Crippen molar-refractivity contribution in [2.45, 2.75) is 13.2 Å². The van der Waals surface area contributed by atoms with Crippen molar-refractivity contribution < 1.29 is 23.2 Å². The van der Waals surface area contributed by atoms with Crippen molar-refractivity contribution in [2.75, 3.05) is 0 Å². The van der Waals surface area contributed by atoms with Crippen molar-refractivity contribution in [2.24, 2.45) is 0 Å². The smallest absolute Gasteiger partial charge is 0.387 e. The summed E-state index contributed by atoms with van der Waals surface area (Å²) >= 11 is 0. The second-order valence-corrected chi connectivity index (χ2v) is 5.63. The van der Waals surface area contributed by atoms with Crippen LogP contribution in [0.3, 0.4) is 0 Å². The molecule has 1 amide bonds. The molecule has 0 fully saturated rings. The highest BCUT2D eigenvalue weighted by Crippen LogP contribution is 2.17. The molecule has 28 heavy (non-hydrogen) atoms. The Hall–Kier alpha value is -3.82. The molecular formula is C18H14F2N4O4. The first kappa shape index (κ1) is 19.0. The van der Waals surface area contributed by atoms with E-state index in [-0.39, 0.29) is 23.7 Å². The lowest BCUT2D eigenvalue weighted by Gasteiger charge is -2.07. The Morgan fingerprint density at radius 2 is 2.00 bits per heavy atom. The molecule has 0 spiro atoms. The molecule has 0 saturated heterocycles. The van der Waals surface area contributed by atoms with Crippen molar-refractivity contribution in [3.05, 3.63) is 82.2 Å². The van der Waals surface area contributed by atoms with Gasteiger partial charge in [-0.05, 0) is 29.8 Å². The summed E-state index contributed by atoms with van der Waals surface area (Å²) in [6.45, 7) is -2.84. The monoisotopic (exact) mass is 388 g/mol. The highest BCUT2D eigenvalue weighted by Gasteiger charge is 2.12. The number of nitrogens with one attached hydrogen (secondary N) is 1. The van der Waals surface area contributed by atoms with Crippen molar-refractivity contribution in [3.63, 3.8) is 0 Å². The van der Waals surface area contributed by atoms with Gasteiger partial charge in [0, 0.05) is 24.9 Å². The molecule has 0 aliphatic heterocycles. The summed E-state index contributed by atoms with van der Waals surface area (Å²) in [6, 6.07) is 13.3. The van der Waals surface area contributed by atoms with E-state index < -0.39 is 17.4 Å². The van der Waals surface area contributed by atoms with Gasteiger partial charge in [0.15, 0.2) is 5.69 Å². The van der Waals surface area contributed by atoms with Crippen LogP contribution in [0.4, 0.5) is 14.5 Å². The normalized spacial score (nSPS) is 10.7. The number of non-ortho nitro benzene ring substituents is 1. The third-order valence-electron chi connectivity index (χ3n) is 3.70. The number of carbonyl (C=O) groups is 1. The number of carbonyl (C=O) groups excluding carboxylic acids is 1. The number of amides is 1. The molecule has 1 aromatic heterocycles. The summed E-state index contributed by atoms with van der Waals surface area (Å²) in [5.41, 5.74) is 1.02. The zero-order valence-corrected chi connectivity index (χ0v) is 14.3. The lowest BCUT2D eigenvalue weighted by atomic mass is 10.2. The number of halogens is 2. The van der Waals surface area contributed by atoms with E-state index in [1.807, 2.05) is 0 Å². The van der Waals surface area contributed by atoms with E-state index in [1.54, 1.807) is 12.1 Å². The van der Waals surface area contributed by atoms with Gasteiger partial charge in [-0.1, -0.05) is 18.2 Å². The van der Waals surface area contributed by atoms with Gasteiger partial charge in [0.05, 0.1) is 10.6 Å². The summed E-state index contributed by atoms with van der Waals surface area (Å²) in [7, 11) is 0. The number of benzene rings is 2. The molecule has 2 aromatic carbocycles. The van der Waals surface area contributed by atoms with Crippen LogP contribution >= 0.6 is 0 Å². The lowest BCUT2D eigenvalue weighted by molar-refractivity contribution is -0.384. The van der Waals surface area contributed by atoms with Gasteiger partial charge in [-0.3, -0.25) is 14.9 Å². The largest absolute Gasteiger partial charge is 0.435 e. The van der Waals surface area contributed by atoms with E-state index in [9.17, 15) is 23.7 Å². The van der Waals surface area contributed by atoms with Gasteiger partial charge in [-0.25, -0.2) is 4.68 Å². The van der Waals surface area contributed by atoms with Gasteiger partial charge in [-0.2, -0.15) is 13.9 Å². The Labute approximate surface area is 157 Å². The Morgan fingerprint density at radius 3 is 2.75 bits per heavy atom. The van der Waals surface area contributed by atoms with Crippen LogP contribution in [-0.2, 0) is 6.54 Å². The average Bonchev–Trinajstić information content (AvgIpc) is 3.16. The number of hydrogen-bond donors (Lipinski definition) is 1. The zero-order chi connectivity index (χ0) is 20.1. The molecule has 0 unspecified atom stereocenters. The molecule has 0 aliphatic rings. The lowest BCUT2D eigenvalue weighted by Crippen LogP contribution is -2.23. The highest BCUT2D eigenvalue weighted by molar-refractivity contribution is 5.92. The van der Waals surface area contributed by atoms with E-state index in [4.69, 9.17) is 0 Å². The summed E-state index contributed by atoms with van der Waals surface area (Å²) in [4.78, 5) is 22.6. The Morgan fingerprint density at radius 1 is 1.21 bits per heavy atom. The Balaban J connectivity index is 1.66. The quantitative estimate of drug-likeness (QED) is 0.494. The molecule has 0 atom stereocenters. The number of aromatic nitrogens is 2. The topological polar surface area (TPSA) is 99.3 Å². The summed E-state index contributed by atoms with van der Waals surface area (Å²) in [5.74, 6) is -0.485. The first-order valence-corrected chi connectivity index (χ1v) is 8.05. The fourth-order valence-corrected chi connectivity index (χ4v) is 2.44. The molecule has 1 heterocycles. The second-order valence-electron chi connectivity index (χ2n) is 5.63. The van der Waals surface area contributed by atoms with E-state index in [1.165, 1.54) is 53.3 Å². The number of hydrogen-bond acceptors (Lipinski definition) is 5. The predicted molar refractivity (Wildman–Crippen MR) is 94.5 cm³/mol. The Kier molecular flexibility index (Phi) is 5.58. The first-order chi connectivity index (χ1) is 13.4. The fraction of sp³-hybridized carbons (Fsp3) is 0.111. The maximum Gasteiger partial charge on any atom is 0.387 e. The Bertz CT molecular complexity index is 1010. The number of ether oxygens (including phenoxy) is 1. The minimum Gasteiger partial charge on any atom is -0.435 e. The van der Waals surface area contributed by atoms with Crippen molar-refractivity contribution >= 4 is 11.6 Å². The van der Waals surface area contributed by atoms with Crippen LogP contribution < -0.4 is 10.1 Å². The van der Waals surface area contributed by atoms with Crippen LogP contribution in [-0.4, -0.2) is 27.2 Å². The fourth-order valence-electron chi connectivity index (χ4n) is 2.44. The molecule has 0 aliphatic carbocycles. The minimum atomic E-state index is -2.93. The number of rotatable bonds is 7. The predicted octanol–water partition coefficient (Wildman–Crippen LogP) is 3.31. The molecule has 8 nitrogen and oxygen atoms in total. The molecule has 144 valence electrons. The number of nitrogens with zero attached hydrogens (tertiary/aromatic N) is 3. The van der Waals surface area contributed by atoms with Gasteiger partial charge in [-0.15, -0.1) is 0 Å². The zero-order valence-electron chi connectivity index (χ0n) is 14.3. The van der Waals surface area contributed by atoms with E-state index in [2.05, 4.69) is 15.2 Å². The van der Waals surface area contributed by atoms with Crippen LogP contribution in [0.1, 0.15) is 16.1 Å². The summed E-state index contributed by atoms with van der Waals surface area (Å²) < 4.78 is 30.2. The molecule has 0 radical (unpaired) electrons. The third kappa shape index (κ3) is 4.67. The summed E-state index contributed by atoms with van der Waals surface area (Å²) in [6.07, 6.45) is 1.51. The number of alkyl halides is 2. The number of nitro benzene ring substituents is 1. The van der Waals surface area contributed by atoms with E-state index in [0.717, 1.165) is 0 Å². The first-order valence-electron chi connectivity index (χ1n) is 8.05. The van der Waals surface area contributed by atoms with Gasteiger partial charge < -0.3 is 10.1 Å².